The Kier molecular flexibility index (Phi) is 4.32. The number of thiophene rings is 1. The molecule has 2 aromatic rings. The van der Waals surface area contributed by atoms with E-state index in [0.717, 1.165) is 19.1 Å². The number of fused-ring (bicyclic) bond motifs is 4. The molecule has 0 amide bonds. The summed E-state index contributed by atoms with van der Waals surface area (Å²) in [5.41, 5.74) is 0. The zero-order valence-corrected chi connectivity index (χ0v) is 13.1. The van der Waals surface area contributed by atoms with E-state index in [0.29, 0.717) is 6.10 Å². The molecule has 0 radical (unpaired) electrons. The van der Waals surface area contributed by atoms with Gasteiger partial charge in [0.15, 0.2) is 0 Å². The van der Waals surface area contributed by atoms with Gasteiger partial charge in [0.1, 0.15) is 0 Å². The van der Waals surface area contributed by atoms with Gasteiger partial charge in [-0.2, -0.15) is 0 Å². The first kappa shape index (κ1) is 14.3. The van der Waals surface area contributed by atoms with Crippen LogP contribution in [-0.4, -0.2) is 30.6 Å². The first-order valence-electron chi connectivity index (χ1n) is 7.20. The Morgan fingerprint density at radius 2 is 2.00 bits per heavy atom. The molecule has 1 atom stereocenters. The van der Waals surface area contributed by atoms with Gasteiger partial charge in [-0.1, -0.05) is 18.2 Å². The molecule has 1 aromatic carbocycles. The molecule has 0 spiro atoms. The highest BCUT2D eigenvalue weighted by atomic mass is 35.5. The molecule has 3 saturated heterocycles. The van der Waals surface area contributed by atoms with Gasteiger partial charge in [-0.05, 0) is 49.4 Å². The molecular formula is C16H20ClNOS. The molecule has 4 heterocycles. The zero-order valence-electron chi connectivity index (χ0n) is 11.5. The fourth-order valence-corrected chi connectivity index (χ4v) is 4.38. The molecule has 4 heteroatoms. The molecule has 3 fully saturated rings. The Hall–Kier alpha value is -0.610. The molecule has 2 nitrogen and oxygen atoms in total. The van der Waals surface area contributed by atoms with Crippen LogP contribution in [-0.2, 0) is 11.3 Å². The summed E-state index contributed by atoms with van der Waals surface area (Å²) >= 11 is 1.87. The van der Waals surface area contributed by atoms with Crippen molar-refractivity contribution in [3.63, 3.8) is 0 Å². The Bertz CT molecular complexity index is 544. The predicted octanol–water partition coefficient (Wildman–Crippen LogP) is 3.93. The van der Waals surface area contributed by atoms with Crippen LogP contribution in [0, 0.1) is 5.92 Å². The highest BCUT2D eigenvalue weighted by Crippen LogP contribution is 2.31. The van der Waals surface area contributed by atoms with Crippen molar-refractivity contribution >= 4 is 33.8 Å². The fraction of sp³-hybridized carbons (Fsp3) is 0.500. The van der Waals surface area contributed by atoms with Gasteiger partial charge < -0.3 is 9.64 Å². The molecule has 5 rings (SSSR count). The lowest BCUT2D eigenvalue weighted by molar-refractivity contribution is -0.0758. The highest BCUT2D eigenvalue weighted by Gasteiger charge is 2.34. The molecule has 3 aliphatic rings. The van der Waals surface area contributed by atoms with E-state index in [9.17, 15) is 0 Å². The molecule has 1 aromatic heterocycles. The molecule has 3 aliphatic heterocycles. The predicted molar refractivity (Wildman–Crippen MR) is 86.8 cm³/mol. The minimum Gasteiger partial charge on any atom is -0.371 e. The van der Waals surface area contributed by atoms with E-state index in [1.807, 2.05) is 11.3 Å². The van der Waals surface area contributed by atoms with Crippen LogP contribution in [0.1, 0.15) is 17.7 Å². The Labute approximate surface area is 130 Å². The molecular weight excluding hydrogens is 290 g/mol. The smallest absolute Gasteiger partial charge is 0.0814 e. The van der Waals surface area contributed by atoms with E-state index >= 15 is 0 Å². The Balaban J connectivity index is 0.00000121. The molecule has 0 saturated carbocycles. The maximum atomic E-state index is 6.20. The Morgan fingerprint density at radius 1 is 1.20 bits per heavy atom. The lowest BCUT2D eigenvalue weighted by Gasteiger charge is -2.44. The standard InChI is InChI=1S/C16H19NOS.ClH/c1-2-4-16-13(3-1)9-14(19-16)11-18-15-10-17-7-5-12(15)6-8-17;/h1-4,9,12,15H,5-8,10-11H2;1H. The minimum atomic E-state index is 0. The quantitative estimate of drug-likeness (QED) is 0.851. The van der Waals surface area contributed by atoms with Crippen molar-refractivity contribution in [2.45, 2.75) is 25.6 Å². The summed E-state index contributed by atoms with van der Waals surface area (Å²) in [7, 11) is 0. The van der Waals surface area contributed by atoms with Gasteiger partial charge >= 0.3 is 0 Å². The van der Waals surface area contributed by atoms with Crippen LogP contribution < -0.4 is 0 Å². The SMILES string of the molecule is Cl.c1ccc2sc(COC3CN4CCC3CC4)cc2c1. The number of benzene rings is 1. The van der Waals surface area contributed by atoms with Crippen LogP contribution >= 0.6 is 23.7 Å². The van der Waals surface area contributed by atoms with Gasteiger partial charge in [0.25, 0.3) is 0 Å². The number of ether oxygens (including phenoxy) is 1. The van der Waals surface area contributed by atoms with Crippen molar-refractivity contribution < 1.29 is 4.74 Å². The van der Waals surface area contributed by atoms with Gasteiger partial charge in [-0.15, -0.1) is 23.7 Å². The topological polar surface area (TPSA) is 12.5 Å². The summed E-state index contributed by atoms with van der Waals surface area (Å²) in [6.07, 6.45) is 3.13. The van der Waals surface area contributed by atoms with E-state index in [4.69, 9.17) is 4.74 Å². The zero-order chi connectivity index (χ0) is 12.7. The van der Waals surface area contributed by atoms with Crippen LogP contribution in [0.4, 0.5) is 0 Å². The van der Waals surface area contributed by atoms with E-state index in [-0.39, 0.29) is 12.4 Å². The number of halogens is 1. The van der Waals surface area contributed by atoms with E-state index in [1.54, 1.807) is 0 Å². The largest absolute Gasteiger partial charge is 0.371 e. The third-order valence-electron chi connectivity index (χ3n) is 4.51. The fourth-order valence-electron chi connectivity index (χ4n) is 3.40. The van der Waals surface area contributed by atoms with Crippen molar-refractivity contribution in [2.75, 3.05) is 19.6 Å². The first-order chi connectivity index (χ1) is 9.38. The lowest BCUT2D eigenvalue weighted by Crippen LogP contribution is -2.51. The van der Waals surface area contributed by atoms with Crippen molar-refractivity contribution in [3.05, 3.63) is 35.2 Å². The minimum absolute atomic E-state index is 0. The number of nitrogens with zero attached hydrogens (tertiary/aromatic N) is 1. The average Bonchev–Trinajstić information content (AvgIpc) is 2.89. The van der Waals surface area contributed by atoms with Crippen LogP contribution in [0.2, 0.25) is 0 Å². The first-order valence-corrected chi connectivity index (χ1v) is 8.01. The third-order valence-corrected chi connectivity index (χ3v) is 5.60. The Morgan fingerprint density at radius 3 is 2.70 bits per heavy atom. The second-order valence-electron chi connectivity index (χ2n) is 5.74. The maximum absolute atomic E-state index is 6.20. The number of hydrogen-bond acceptors (Lipinski definition) is 3. The van der Waals surface area contributed by atoms with Gasteiger partial charge in [-0.3, -0.25) is 0 Å². The molecule has 0 aliphatic carbocycles. The summed E-state index contributed by atoms with van der Waals surface area (Å²) < 4.78 is 7.57. The summed E-state index contributed by atoms with van der Waals surface area (Å²) in [6, 6.07) is 10.9. The molecule has 0 N–H and O–H groups in total. The van der Waals surface area contributed by atoms with Crippen LogP contribution in [0.5, 0.6) is 0 Å². The second kappa shape index (κ2) is 6.02. The summed E-state index contributed by atoms with van der Waals surface area (Å²) in [4.78, 5) is 3.91. The van der Waals surface area contributed by atoms with Crippen molar-refractivity contribution in [1.82, 2.24) is 4.90 Å². The number of hydrogen-bond donors (Lipinski definition) is 0. The lowest BCUT2D eigenvalue weighted by atomic mass is 9.86. The van der Waals surface area contributed by atoms with E-state index < -0.39 is 0 Å². The molecule has 108 valence electrons. The van der Waals surface area contributed by atoms with Gasteiger partial charge in [-0.25, -0.2) is 0 Å². The number of rotatable bonds is 3. The van der Waals surface area contributed by atoms with E-state index in [2.05, 4.69) is 35.2 Å². The van der Waals surface area contributed by atoms with Crippen LogP contribution in [0.3, 0.4) is 0 Å². The monoisotopic (exact) mass is 309 g/mol. The van der Waals surface area contributed by atoms with Crippen molar-refractivity contribution in [3.8, 4) is 0 Å². The van der Waals surface area contributed by atoms with Crippen molar-refractivity contribution in [2.24, 2.45) is 5.92 Å². The second-order valence-corrected chi connectivity index (χ2v) is 6.91. The van der Waals surface area contributed by atoms with Gasteiger partial charge in [0.05, 0.1) is 12.7 Å². The number of piperidine rings is 3. The normalized spacial score (nSPS) is 28.5. The summed E-state index contributed by atoms with van der Waals surface area (Å²) in [6.45, 7) is 4.50. The van der Waals surface area contributed by atoms with Gasteiger partial charge in [0.2, 0.25) is 0 Å². The summed E-state index contributed by atoms with van der Waals surface area (Å²) in [5, 5.41) is 1.35. The van der Waals surface area contributed by atoms with Crippen molar-refractivity contribution in [1.29, 1.82) is 0 Å². The summed E-state index contributed by atoms with van der Waals surface area (Å²) in [5.74, 6) is 0.805. The highest BCUT2D eigenvalue weighted by molar-refractivity contribution is 7.19. The molecule has 1 unspecified atom stereocenters. The third kappa shape index (κ3) is 2.73. The maximum Gasteiger partial charge on any atom is 0.0814 e. The molecule has 20 heavy (non-hydrogen) atoms. The van der Waals surface area contributed by atoms with Crippen LogP contribution in [0.15, 0.2) is 30.3 Å². The average molecular weight is 310 g/mol. The van der Waals surface area contributed by atoms with Crippen LogP contribution in [0.25, 0.3) is 10.1 Å². The molecule has 2 bridgehead atoms. The van der Waals surface area contributed by atoms with Gasteiger partial charge in [0, 0.05) is 16.1 Å². The van der Waals surface area contributed by atoms with E-state index in [1.165, 1.54) is 40.9 Å².